The summed E-state index contributed by atoms with van der Waals surface area (Å²) in [5, 5.41) is 5.73. The van der Waals surface area contributed by atoms with E-state index < -0.39 is 47.2 Å². The number of para-hydroxylation sites is 1. The van der Waals surface area contributed by atoms with E-state index in [9.17, 15) is 27.6 Å². The zero-order chi connectivity index (χ0) is 33.3. The van der Waals surface area contributed by atoms with Gasteiger partial charge in [0.1, 0.15) is 5.60 Å². The molecule has 6 rings (SSSR count). The lowest BCUT2D eigenvalue weighted by molar-refractivity contribution is -0.142. The number of hydrogen-bond acceptors (Lipinski definition) is 8. The van der Waals surface area contributed by atoms with Gasteiger partial charge >= 0.3 is 18.4 Å². The number of piperidine rings is 2. The second-order valence-corrected chi connectivity index (χ2v) is 12.9. The molecule has 47 heavy (non-hydrogen) atoms. The number of ether oxygens (including phenoxy) is 2. The summed E-state index contributed by atoms with van der Waals surface area (Å²) in [5.74, 6) is -0.478. The van der Waals surface area contributed by atoms with E-state index in [0.29, 0.717) is 37.7 Å². The summed E-state index contributed by atoms with van der Waals surface area (Å²) in [4.78, 5) is 45.2. The second kappa shape index (κ2) is 13.4. The number of nitrogens with two attached hydrogens (primary N) is 1. The topological polar surface area (TPSA) is 129 Å². The fraction of sp³-hybridized carbons (Fsp3) is 0.531. The Labute approximate surface area is 275 Å². The molecule has 4 N–H and O–H groups in total. The number of nitrogens with zero attached hydrogens (tertiary/aromatic N) is 3. The minimum atomic E-state index is -4.77. The summed E-state index contributed by atoms with van der Waals surface area (Å²) in [6.45, 7) is 4.88. The van der Waals surface area contributed by atoms with Crippen molar-refractivity contribution in [2.24, 2.45) is 0 Å². The highest BCUT2D eigenvalue weighted by atomic mass is 35.5. The zero-order valence-corrected chi connectivity index (χ0v) is 26.5. The molecule has 4 aliphatic heterocycles. The molecule has 0 radical (unpaired) electrons. The Kier molecular flexibility index (Phi) is 9.45. The summed E-state index contributed by atoms with van der Waals surface area (Å²) in [6.07, 6.45) is -5.77. The van der Waals surface area contributed by atoms with Crippen LogP contribution in [-0.4, -0.2) is 97.3 Å². The number of amides is 3. The third-order valence-electron chi connectivity index (χ3n) is 9.65. The number of piperazine rings is 1. The molecule has 1 atom stereocenters. The number of likely N-dealkylation sites (tertiary alicyclic amines) is 2. The predicted molar refractivity (Wildman–Crippen MR) is 168 cm³/mol. The highest BCUT2D eigenvalue weighted by Crippen LogP contribution is 2.43. The molecule has 2 aromatic carbocycles. The van der Waals surface area contributed by atoms with E-state index >= 15 is 0 Å². The molecule has 0 bridgehead atoms. The highest BCUT2D eigenvalue weighted by molar-refractivity contribution is 6.33. The molecule has 11 nitrogen and oxygen atoms in total. The number of nitrogen functional groups attached to an aromatic ring is 1. The van der Waals surface area contributed by atoms with Crippen LogP contribution in [0, 0.1) is 0 Å². The molecule has 3 saturated heterocycles. The van der Waals surface area contributed by atoms with Crippen molar-refractivity contribution in [1.29, 1.82) is 0 Å². The Balaban J connectivity index is 1.18. The van der Waals surface area contributed by atoms with Gasteiger partial charge in [-0.05, 0) is 36.6 Å². The number of carbonyl (C=O) groups excluding carboxylic acids is 3. The van der Waals surface area contributed by atoms with E-state index in [0.717, 1.165) is 50.7 Å². The first-order valence-electron chi connectivity index (χ1n) is 15.9. The van der Waals surface area contributed by atoms with Crippen molar-refractivity contribution < 1.29 is 37.0 Å². The van der Waals surface area contributed by atoms with E-state index in [4.69, 9.17) is 26.8 Å². The summed E-state index contributed by atoms with van der Waals surface area (Å²) >= 11 is 6.09. The summed E-state index contributed by atoms with van der Waals surface area (Å²) in [7, 11) is 0. The fourth-order valence-corrected chi connectivity index (χ4v) is 7.34. The highest BCUT2D eigenvalue weighted by Gasteiger charge is 2.46. The van der Waals surface area contributed by atoms with Crippen LogP contribution < -0.4 is 16.4 Å². The molecule has 3 amide bonds. The summed E-state index contributed by atoms with van der Waals surface area (Å²) in [5.41, 5.74) is 4.50. The van der Waals surface area contributed by atoms with Gasteiger partial charge in [0.25, 0.3) is 5.91 Å². The largest absolute Gasteiger partial charge is 0.438 e. The van der Waals surface area contributed by atoms with Gasteiger partial charge in [0.15, 0.2) is 6.10 Å². The predicted octanol–water partition coefficient (Wildman–Crippen LogP) is 4.44. The SMILES string of the molecule is Nc1c(Cl)cc(C[C@@H](OC(=O)N2CCC3(CC2)OC(=O)Nc2ccccc23)C(=O)N2CCC(N3CCNCC3)CC2)cc1C(F)(F)F. The van der Waals surface area contributed by atoms with Crippen molar-refractivity contribution in [2.75, 3.05) is 63.4 Å². The average molecular weight is 679 g/mol. The molecule has 2 aromatic rings. The third kappa shape index (κ3) is 7.09. The van der Waals surface area contributed by atoms with Crippen molar-refractivity contribution in [1.82, 2.24) is 20.0 Å². The molecule has 0 saturated carbocycles. The lowest BCUT2D eigenvalue weighted by Crippen LogP contribution is -2.54. The Bertz CT molecular complexity index is 1500. The van der Waals surface area contributed by atoms with Gasteiger partial charge in [-0.2, -0.15) is 13.2 Å². The standard InChI is InChI=1S/C32H38ClF3N6O5/c33-24-18-20(17-23(27(24)37)32(34,35)36)19-26(28(43)41-11-5-21(6-12-41)40-15-9-38-10-16-40)46-30(45)42-13-7-31(8-14-42)22-3-1-2-4-25(22)39-29(44)47-31/h1-4,17-18,21,26,38H,5-16,19,37H2,(H,39,44)/t26-/m1/s1. The van der Waals surface area contributed by atoms with Gasteiger partial charge in [0.05, 0.1) is 22.0 Å². The minimum Gasteiger partial charge on any atom is -0.438 e. The number of benzene rings is 2. The molecule has 4 aliphatic rings. The van der Waals surface area contributed by atoms with Crippen LogP contribution in [0.5, 0.6) is 0 Å². The fourth-order valence-electron chi connectivity index (χ4n) is 7.10. The van der Waals surface area contributed by atoms with Gasteiger partial charge in [-0.3, -0.25) is 15.0 Å². The normalized spacial score (nSPS) is 21.1. The maximum absolute atomic E-state index is 13.9. The molecule has 3 fully saturated rings. The lowest BCUT2D eigenvalue weighted by Gasteiger charge is -2.44. The Hall–Kier alpha value is -3.75. The van der Waals surface area contributed by atoms with Crippen molar-refractivity contribution in [3.05, 3.63) is 58.1 Å². The molecule has 254 valence electrons. The molecule has 0 unspecified atom stereocenters. The molecule has 1 spiro atoms. The monoisotopic (exact) mass is 678 g/mol. The van der Waals surface area contributed by atoms with Crippen LogP contribution in [0.2, 0.25) is 5.02 Å². The number of halogens is 4. The molecule has 4 heterocycles. The van der Waals surface area contributed by atoms with Crippen LogP contribution in [0.1, 0.15) is 42.4 Å². The molecule has 15 heteroatoms. The van der Waals surface area contributed by atoms with Gasteiger partial charge in [0.2, 0.25) is 0 Å². The van der Waals surface area contributed by atoms with E-state index in [2.05, 4.69) is 15.5 Å². The molecule has 0 aliphatic carbocycles. The average Bonchev–Trinajstić information content (AvgIpc) is 3.06. The van der Waals surface area contributed by atoms with E-state index in [1.165, 1.54) is 11.0 Å². The van der Waals surface area contributed by atoms with Crippen molar-refractivity contribution in [3.63, 3.8) is 0 Å². The van der Waals surface area contributed by atoms with E-state index in [-0.39, 0.29) is 30.1 Å². The molecule has 0 aromatic heterocycles. The maximum Gasteiger partial charge on any atom is 0.418 e. The number of rotatable bonds is 5. The molecular weight excluding hydrogens is 641 g/mol. The van der Waals surface area contributed by atoms with Gasteiger partial charge < -0.3 is 30.3 Å². The van der Waals surface area contributed by atoms with E-state index in [1.54, 1.807) is 17.0 Å². The number of nitrogens with one attached hydrogen (secondary N) is 2. The van der Waals surface area contributed by atoms with Gasteiger partial charge in [-0.1, -0.05) is 29.8 Å². The number of fused-ring (bicyclic) bond motifs is 2. The summed E-state index contributed by atoms with van der Waals surface area (Å²) < 4.78 is 52.8. The minimum absolute atomic E-state index is 0.0641. The molecular formula is C32H38ClF3N6O5. The first-order valence-corrected chi connectivity index (χ1v) is 16.2. The summed E-state index contributed by atoms with van der Waals surface area (Å²) in [6, 6.07) is 9.75. The van der Waals surface area contributed by atoms with Crippen LogP contribution in [0.25, 0.3) is 0 Å². The Morgan fingerprint density at radius 3 is 2.40 bits per heavy atom. The Morgan fingerprint density at radius 2 is 1.72 bits per heavy atom. The van der Waals surface area contributed by atoms with Gasteiger partial charge in [-0.15, -0.1) is 0 Å². The third-order valence-corrected chi connectivity index (χ3v) is 9.96. The van der Waals surface area contributed by atoms with Crippen LogP contribution in [0.4, 0.5) is 34.1 Å². The maximum atomic E-state index is 13.9. The zero-order valence-electron chi connectivity index (χ0n) is 25.8. The van der Waals surface area contributed by atoms with Crippen LogP contribution >= 0.6 is 11.6 Å². The lowest BCUT2D eigenvalue weighted by atomic mass is 9.82. The van der Waals surface area contributed by atoms with Crippen LogP contribution in [-0.2, 0) is 32.5 Å². The Morgan fingerprint density at radius 1 is 1.04 bits per heavy atom. The number of hydrogen-bond donors (Lipinski definition) is 3. The quantitative estimate of drug-likeness (QED) is 0.396. The smallest absolute Gasteiger partial charge is 0.418 e. The second-order valence-electron chi connectivity index (χ2n) is 12.5. The first kappa shape index (κ1) is 33.2. The van der Waals surface area contributed by atoms with Crippen molar-refractivity contribution in [3.8, 4) is 0 Å². The van der Waals surface area contributed by atoms with Crippen molar-refractivity contribution in [2.45, 2.75) is 56.0 Å². The van der Waals surface area contributed by atoms with Crippen molar-refractivity contribution >= 4 is 41.1 Å². The van der Waals surface area contributed by atoms with Crippen LogP contribution in [0.15, 0.2) is 36.4 Å². The van der Waals surface area contributed by atoms with Gasteiger partial charge in [0, 0.05) is 83.2 Å². The number of carbonyl (C=O) groups is 3. The number of alkyl halides is 3. The first-order chi connectivity index (χ1) is 22.4. The van der Waals surface area contributed by atoms with E-state index in [1.807, 2.05) is 12.1 Å². The van der Waals surface area contributed by atoms with Crippen LogP contribution in [0.3, 0.4) is 0 Å². The number of anilines is 2. The van der Waals surface area contributed by atoms with Gasteiger partial charge in [-0.25, -0.2) is 9.59 Å².